The van der Waals surface area contributed by atoms with E-state index in [0.717, 1.165) is 33.6 Å². The minimum atomic E-state index is -0.0963. The Labute approximate surface area is 180 Å². The molecule has 3 aromatic carbocycles. The Hall–Kier alpha value is -3.15. The fourth-order valence-electron chi connectivity index (χ4n) is 3.07. The van der Waals surface area contributed by atoms with Crippen molar-refractivity contribution in [2.45, 2.75) is 20.5 Å². The summed E-state index contributed by atoms with van der Waals surface area (Å²) in [5.74, 6) is -0.0963. The van der Waals surface area contributed by atoms with Gasteiger partial charge in [0, 0.05) is 0 Å². The molecule has 1 heterocycles. The summed E-state index contributed by atoms with van der Waals surface area (Å²) >= 11 is 1.37. The quantitative estimate of drug-likeness (QED) is 0.565. The van der Waals surface area contributed by atoms with Gasteiger partial charge in [0.05, 0.1) is 22.9 Å². The third-order valence-electron chi connectivity index (χ3n) is 4.82. The van der Waals surface area contributed by atoms with Gasteiger partial charge in [-0.2, -0.15) is 0 Å². The Morgan fingerprint density at radius 3 is 2.10 bits per heavy atom. The highest BCUT2D eigenvalue weighted by Gasteiger charge is 2.34. The number of aryl methyl sites for hydroxylation is 2. The van der Waals surface area contributed by atoms with Crippen LogP contribution >= 0.6 is 11.8 Å². The van der Waals surface area contributed by atoms with Crippen LogP contribution in [0.15, 0.2) is 82.7 Å². The van der Waals surface area contributed by atoms with Crippen molar-refractivity contribution in [3.8, 4) is 0 Å². The van der Waals surface area contributed by atoms with Crippen molar-refractivity contribution in [1.82, 2.24) is 0 Å². The molecule has 30 heavy (non-hydrogen) atoms. The van der Waals surface area contributed by atoms with Gasteiger partial charge < -0.3 is 5.11 Å². The molecule has 4 rings (SSSR count). The first-order valence-electron chi connectivity index (χ1n) is 9.69. The zero-order valence-electron chi connectivity index (χ0n) is 16.9. The molecular formula is C25H22N2O2S. The SMILES string of the molecule is Cc1ccc(N=C2SC(=Cc3ccc(CO)cc3)C(=O)N2c2ccc(C)cc2)cc1. The van der Waals surface area contributed by atoms with Crippen LogP contribution < -0.4 is 4.90 Å². The normalized spacial score (nSPS) is 16.6. The van der Waals surface area contributed by atoms with Crippen molar-refractivity contribution < 1.29 is 9.90 Å². The standard InChI is InChI=1S/C25H22N2O2S/c1-17-3-11-21(12-4-17)26-25-27(22-13-5-18(2)6-14-22)24(29)23(30-25)15-19-7-9-20(16-28)10-8-19/h3-15,28H,16H2,1-2H3. The van der Waals surface area contributed by atoms with Crippen LogP contribution in [0.5, 0.6) is 0 Å². The third kappa shape index (κ3) is 4.37. The van der Waals surface area contributed by atoms with E-state index in [1.54, 1.807) is 4.90 Å². The minimum absolute atomic E-state index is 0.000903. The summed E-state index contributed by atoms with van der Waals surface area (Å²) in [5, 5.41) is 9.86. The van der Waals surface area contributed by atoms with Crippen molar-refractivity contribution in [2.75, 3.05) is 4.90 Å². The molecule has 150 valence electrons. The highest BCUT2D eigenvalue weighted by molar-refractivity contribution is 8.19. The lowest BCUT2D eigenvalue weighted by Gasteiger charge is -2.16. The first kappa shape index (κ1) is 20.1. The van der Waals surface area contributed by atoms with Crippen molar-refractivity contribution >= 4 is 40.3 Å². The van der Waals surface area contributed by atoms with Gasteiger partial charge in [-0.25, -0.2) is 4.99 Å². The van der Waals surface area contributed by atoms with Gasteiger partial charge in [0.2, 0.25) is 0 Å². The van der Waals surface area contributed by atoms with E-state index < -0.39 is 0 Å². The molecule has 1 amide bonds. The molecule has 4 nitrogen and oxygen atoms in total. The lowest BCUT2D eigenvalue weighted by Crippen LogP contribution is -2.28. The summed E-state index contributed by atoms with van der Waals surface area (Å²) in [7, 11) is 0. The fraction of sp³-hybridized carbons (Fsp3) is 0.120. The van der Waals surface area contributed by atoms with E-state index >= 15 is 0 Å². The van der Waals surface area contributed by atoms with Crippen LogP contribution in [0.4, 0.5) is 11.4 Å². The summed E-state index contributed by atoms with van der Waals surface area (Å²) < 4.78 is 0. The van der Waals surface area contributed by atoms with Crippen LogP contribution in [-0.4, -0.2) is 16.2 Å². The second-order valence-corrected chi connectivity index (χ2v) is 8.23. The van der Waals surface area contributed by atoms with Crippen LogP contribution in [0.1, 0.15) is 22.3 Å². The van der Waals surface area contributed by atoms with Gasteiger partial charge in [-0.05, 0) is 67.1 Å². The van der Waals surface area contributed by atoms with E-state index in [4.69, 9.17) is 4.99 Å². The number of nitrogens with zero attached hydrogens (tertiary/aromatic N) is 2. The smallest absolute Gasteiger partial charge is 0.271 e. The molecule has 0 bridgehead atoms. The predicted molar refractivity (Wildman–Crippen MR) is 125 cm³/mol. The summed E-state index contributed by atoms with van der Waals surface area (Å²) in [6.07, 6.45) is 1.87. The number of amidine groups is 1. The maximum absolute atomic E-state index is 13.3. The first-order valence-corrected chi connectivity index (χ1v) is 10.5. The molecule has 0 aliphatic carbocycles. The zero-order valence-corrected chi connectivity index (χ0v) is 17.7. The van der Waals surface area contributed by atoms with Crippen molar-refractivity contribution in [2.24, 2.45) is 4.99 Å². The van der Waals surface area contributed by atoms with Crippen molar-refractivity contribution in [3.05, 3.63) is 100.0 Å². The number of benzene rings is 3. The van der Waals surface area contributed by atoms with Crippen molar-refractivity contribution in [3.63, 3.8) is 0 Å². The number of hydrogen-bond donors (Lipinski definition) is 1. The number of anilines is 1. The molecule has 0 aromatic heterocycles. The molecule has 0 spiro atoms. The molecule has 1 fully saturated rings. The first-order chi connectivity index (χ1) is 14.5. The van der Waals surface area contributed by atoms with Gasteiger partial charge >= 0.3 is 0 Å². The summed E-state index contributed by atoms with van der Waals surface area (Å²) in [4.78, 5) is 20.3. The van der Waals surface area contributed by atoms with Gasteiger partial charge in [-0.15, -0.1) is 0 Å². The van der Waals surface area contributed by atoms with E-state index in [2.05, 4.69) is 0 Å². The molecule has 1 N–H and O–H groups in total. The number of aliphatic hydroxyl groups excluding tert-OH is 1. The third-order valence-corrected chi connectivity index (χ3v) is 5.79. The number of rotatable bonds is 4. The van der Waals surface area contributed by atoms with E-state index in [1.165, 1.54) is 11.8 Å². The van der Waals surface area contributed by atoms with Crippen LogP contribution in [0.25, 0.3) is 6.08 Å². The number of aliphatic imine (C=N–C) groups is 1. The number of aliphatic hydroxyl groups is 1. The minimum Gasteiger partial charge on any atom is -0.392 e. The highest BCUT2D eigenvalue weighted by atomic mass is 32.2. The highest BCUT2D eigenvalue weighted by Crippen LogP contribution is 2.37. The number of carbonyl (C=O) groups is 1. The molecule has 0 unspecified atom stereocenters. The maximum atomic E-state index is 13.3. The average molecular weight is 415 g/mol. The van der Waals surface area contributed by atoms with E-state index in [1.807, 2.05) is 92.7 Å². The van der Waals surface area contributed by atoms with Crippen molar-refractivity contribution in [1.29, 1.82) is 0 Å². The Morgan fingerprint density at radius 2 is 1.50 bits per heavy atom. The van der Waals surface area contributed by atoms with E-state index in [9.17, 15) is 9.90 Å². The average Bonchev–Trinajstić information content (AvgIpc) is 3.05. The second-order valence-electron chi connectivity index (χ2n) is 7.22. The van der Waals surface area contributed by atoms with Crippen LogP contribution in [0.2, 0.25) is 0 Å². The molecular weight excluding hydrogens is 392 g/mol. The van der Waals surface area contributed by atoms with Crippen LogP contribution in [-0.2, 0) is 11.4 Å². The molecule has 0 radical (unpaired) electrons. The molecule has 5 heteroatoms. The Balaban J connectivity index is 1.74. The molecule has 0 atom stereocenters. The summed E-state index contributed by atoms with van der Waals surface area (Å²) in [6.45, 7) is 4.05. The summed E-state index contributed by atoms with van der Waals surface area (Å²) in [6, 6.07) is 23.3. The van der Waals surface area contributed by atoms with Gasteiger partial charge in [-0.3, -0.25) is 9.69 Å². The van der Waals surface area contributed by atoms with Gasteiger partial charge in [0.25, 0.3) is 5.91 Å². The number of amides is 1. The number of carbonyl (C=O) groups excluding carboxylic acids is 1. The second kappa shape index (κ2) is 8.69. The Morgan fingerprint density at radius 1 is 0.900 bits per heavy atom. The molecule has 1 saturated heterocycles. The van der Waals surface area contributed by atoms with Gasteiger partial charge in [-0.1, -0.05) is 59.7 Å². The lowest BCUT2D eigenvalue weighted by atomic mass is 10.1. The van der Waals surface area contributed by atoms with E-state index in [-0.39, 0.29) is 12.5 Å². The molecule has 1 aliphatic heterocycles. The number of hydrogen-bond acceptors (Lipinski definition) is 4. The van der Waals surface area contributed by atoms with E-state index in [0.29, 0.717) is 10.1 Å². The summed E-state index contributed by atoms with van der Waals surface area (Å²) in [5.41, 5.74) is 5.64. The molecule has 1 aliphatic rings. The topological polar surface area (TPSA) is 52.9 Å². The lowest BCUT2D eigenvalue weighted by molar-refractivity contribution is -0.113. The predicted octanol–water partition coefficient (Wildman–Crippen LogP) is 5.60. The van der Waals surface area contributed by atoms with Gasteiger partial charge in [0.1, 0.15) is 0 Å². The fourth-order valence-corrected chi connectivity index (χ4v) is 4.07. The zero-order chi connectivity index (χ0) is 21.1. The Kier molecular flexibility index (Phi) is 5.84. The molecule has 0 saturated carbocycles. The monoisotopic (exact) mass is 414 g/mol. The van der Waals surface area contributed by atoms with Gasteiger partial charge in [0.15, 0.2) is 5.17 Å². The maximum Gasteiger partial charge on any atom is 0.271 e. The Bertz CT molecular complexity index is 1120. The van der Waals surface area contributed by atoms with Crippen LogP contribution in [0, 0.1) is 13.8 Å². The number of thioether (sulfide) groups is 1. The molecule has 3 aromatic rings. The van der Waals surface area contributed by atoms with Crippen LogP contribution in [0.3, 0.4) is 0 Å². The largest absolute Gasteiger partial charge is 0.392 e.